The maximum absolute atomic E-state index is 6.81. The van der Waals surface area contributed by atoms with Crippen molar-refractivity contribution < 1.29 is 4.74 Å². The van der Waals surface area contributed by atoms with Gasteiger partial charge in [-0.3, -0.25) is 0 Å². The van der Waals surface area contributed by atoms with Gasteiger partial charge in [0.2, 0.25) is 0 Å². The van der Waals surface area contributed by atoms with Crippen LogP contribution in [0.15, 0.2) is 24.3 Å². The molecule has 1 aromatic carbocycles. The molecule has 0 aliphatic heterocycles. The molecule has 0 saturated carbocycles. The Bertz CT molecular complexity index is 315. The van der Waals surface area contributed by atoms with E-state index in [-0.39, 0.29) is 0 Å². The zero-order valence-corrected chi connectivity index (χ0v) is 10.7. The van der Waals surface area contributed by atoms with Crippen LogP contribution in [-0.4, -0.2) is 11.0 Å². The molecule has 0 aliphatic rings. The lowest BCUT2D eigenvalue weighted by Gasteiger charge is -2.05. The molecule has 1 aromatic rings. The summed E-state index contributed by atoms with van der Waals surface area (Å²) >= 11 is 2.39. The second kappa shape index (κ2) is 7.52. The summed E-state index contributed by atoms with van der Waals surface area (Å²) in [4.78, 5) is 3.33. The average molecular weight is 315 g/mol. The Morgan fingerprint density at radius 2 is 1.87 bits per heavy atom. The third-order valence-corrected chi connectivity index (χ3v) is 2.78. The van der Waals surface area contributed by atoms with Crippen molar-refractivity contribution in [3.63, 3.8) is 0 Å². The van der Waals surface area contributed by atoms with Gasteiger partial charge in [0, 0.05) is 0 Å². The van der Waals surface area contributed by atoms with Gasteiger partial charge in [-0.25, -0.2) is 4.85 Å². The Morgan fingerprint density at radius 1 is 1.13 bits per heavy atom. The standard InChI is InChI=1S/C12H14INO/c1-14-11-5-7-12(8-6-11)15-10-4-2-3-9-13/h5-8H,2-4,9-10H2. The van der Waals surface area contributed by atoms with Gasteiger partial charge in [-0.2, -0.15) is 0 Å². The molecular formula is C12H14INO. The maximum atomic E-state index is 6.81. The second-order valence-electron chi connectivity index (χ2n) is 3.20. The maximum Gasteiger partial charge on any atom is 0.187 e. The van der Waals surface area contributed by atoms with Gasteiger partial charge in [-0.1, -0.05) is 34.7 Å². The lowest BCUT2D eigenvalue weighted by molar-refractivity contribution is 0.306. The highest BCUT2D eigenvalue weighted by Gasteiger charge is 1.94. The molecule has 0 aromatic heterocycles. The van der Waals surface area contributed by atoms with Crippen LogP contribution in [0.1, 0.15) is 19.3 Å². The van der Waals surface area contributed by atoms with Crippen LogP contribution in [0.25, 0.3) is 4.85 Å². The molecular weight excluding hydrogens is 301 g/mol. The largest absolute Gasteiger partial charge is 0.494 e. The minimum atomic E-state index is 0.660. The Morgan fingerprint density at radius 3 is 2.47 bits per heavy atom. The summed E-state index contributed by atoms with van der Waals surface area (Å²) in [7, 11) is 0. The topological polar surface area (TPSA) is 13.6 Å². The molecule has 0 amide bonds. The molecule has 80 valence electrons. The van der Waals surface area contributed by atoms with E-state index >= 15 is 0 Å². The van der Waals surface area contributed by atoms with E-state index in [4.69, 9.17) is 11.3 Å². The predicted molar refractivity (Wildman–Crippen MR) is 70.9 cm³/mol. The van der Waals surface area contributed by atoms with Gasteiger partial charge < -0.3 is 4.74 Å². The van der Waals surface area contributed by atoms with Crippen molar-refractivity contribution in [2.24, 2.45) is 0 Å². The van der Waals surface area contributed by atoms with E-state index in [9.17, 15) is 0 Å². The summed E-state index contributed by atoms with van der Waals surface area (Å²) in [6, 6.07) is 7.28. The van der Waals surface area contributed by atoms with E-state index in [0.717, 1.165) is 18.8 Å². The second-order valence-corrected chi connectivity index (χ2v) is 4.28. The minimum absolute atomic E-state index is 0.660. The Hall–Kier alpha value is -0.760. The van der Waals surface area contributed by atoms with Crippen LogP contribution < -0.4 is 4.74 Å². The van der Waals surface area contributed by atoms with Crippen molar-refractivity contribution in [3.05, 3.63) is 35.7 Å². The van der Waals surface area contributed by atoms with E-state index in [1.165, 1.54) is 17.3 Å². The Kier molecular flexibility index (Phi) is 6.17. The van der Waals surface area contributed by atoms with E-state index in [2.05, 4.69) is 27.4 Å². The molecule has 0 saturated heterocycles. The highest BCUT2D eigenvalue weighted by Crippen LogP contribution is 2.18. The first-order chi connectivity index (χ1) is 7.36. The lowest BCUT2D eigenvalue weighted by Crippen LogP contribution is -1.96. The fourth-order valence-corrected chi connectivity index (χ4v) is 1.72. The van der Waals surface area contributed by atoms with Crippen molar-refractivity contribution in [1.29, 1.82) is 0 Å². The normalized spacial score (nSPS) is 9.60. The minimum Gasteiger partial charge on any atom is -0.494 e. The Balaban J connectivity index is 2.23. The van der Waals surface area contributed by atoms with Crippen LogP contribution in [0, 0.1) is 6.57 Å². The molecule has 2 nitrogen and oxygen atoms in total. The molecule has 0 N–H and O–H groups in total. The summed E-state index contributed by atoms with van der Waals surface area (Å²) in [6.45, 7) is 7.58. The van der Waals surface area contributed by atoms with Crippen LogP contribution >= 0.6 is 22.6 Å². The van der Waals surface area contributed by atoms with E-state index in [1.807, 2.05) is 12.1 Å². The third-order valence-electron chi connectivity index (χ3n) is 2.01. The summed E-state index contributed by atoms with van der Waals surface area (Å²) in [6.07, 6.45) is 3.59. The van der Waals surface area contributed by atoms with Crippen molar-refractivity contribution in [2.75, 3.05) is 11.0 Å². The first kappa shape index (κ1) is 12.3. The number of halogens is 1. The van der Waals surface area contributed by atoms with Crippen molar-refractivity contribution in [1.82, 2.24) is 0 Å². The molecule has 0 heterocycles. The average Bonchev–Trinajstić information content (AvgIpc) is 2.30. The number of benzene rings is 1. The van der Waals surface area contributed by atoms with E-state index in [0.29, 0.717) is 5.69 Å². The SMILES string of the molecule is [C-]#[N+]c1ccc(OCCCCCI)cc1. The molecule has 0 atom stereocenters. The van der Waals surface area contributed by atoms with E-state index in [1.54, 1.807) is 12.1 Å². The fourth-order valence-electron chi connectivity index (χ4n) is 1.18. The smallest absolute Gasteiger partial charge is 0.187 e. The molecule has 1 rings (SSSR count). The molecule has 0 spiro atoms. The molecule has 15 heavy (non-hydrogen) atoms. The number of unbranched alkanes of at least 4 members (excludes halogenated alkanes) is 2. The molecule has 0 bridgehead atoms. The first-order valence-corrected chi connectivity index (χ1v) is 6.55. The molecule has 0 aliphatic carbocycles. The van der Waals surface area contributed by atoms with Gasteiger partial charge in [0.1, 0.15) is 5.75 Å². The van der Waals surface area contributed by atoms with Crippen molar-refractivity contribution >= 4 is 28.3 Å². The molecule has 0 fully saturated rings. The number of rotatable bonds is 6. The van der Waals surface area contributed by atoms with Crippen LogP contribution in [0.5, 0.6) is 5.75 Å². The van der Waals surface area contributed by atoms with Crippen LogP contribution in [0.4, 0.5) is 5.69 Å². The number of ether oxygens (including phenoxy) is 1. The van der Waals surface area contributed by atoms with Gasteiger partial charge in [0.05, 0.1) is 13.2 Å². The van der Waals surface area contributed by atoms with Crippen LogP contribution in [0.2, 0.25) is 0 Å². The number of hydrogen-bond donors (Lipinski definition) is 0. The highest BCUT2D eigenvalue weighted by molar-refractivity contribution is 14.1. The summed E-state index contributed by atoms with van der Waals surface area (Å²) in [5.74, 6) is 0.858. The van der Waals surface area contributed by atoms with Gasteiger partial charge in [-0.15, -0.1) is 0 Å². The number of hydrogen-bond acceptors (Lipinski definition) is 1. The molecule has 0 radical (unpaired) electrons. The number of alkyl halides is 1. The van der Waals surface area contributed by atoms with Gasteiger partial charge in [-0.05, 0) is 35.8 Å². The van der Waals surface area contributed by atoms with Gasteiger partial charge in [0.15, 0.2) is 5.69 Å². The van der Waals surface area contributed by atoms with Crippen LogP contribution in [0.3, 0.4) is 0 Å². The Labute approximate surface area is 105 Å². The summed E-state index contributed by atoms with van der Waals surface area (Å²) < 4.78 is 6.77. The quantitative estimate of drug-likeness (QED) is 0.332. The first-order valence-electron chi connectivity index (χ1n) is 5.03. The highest BCUT2D eigenvalue weighted by atomic mass is 127. The monoisotopic (exact) mass is 315 g/mol. The third kappa shape index (κ3) is 5.03. The predicted octanol–water partition coefficient (Wildman–Crippen LogP) is 4.22. The summed E-state index contributed by atoms with van der Waals surface area (Å²) in [5, 5.41) is 0. The molecule has 3 heteroatoms. The fraction of sp³-hybridized carbons (Fsp3) is 0.417. The lowest BCUT2D eigenvalue weighted by atomic mass is 10.2. The van der Waals surface area contributed by atoms with Gasteiger partial charge >= 0.3 is 0 Å². The van der Waals surface area contributed by atoms with Crippen LogP contribution in [-0.2, 0) is 0 Å². The summed E-state index contributed by atoms with van der Waals surface area (Å²) in [5.41, 5.74) is 0.660. The molecule has 0 unspecified atom stereocenters. The van der Waals surface area contributed by atoms with E-state index < -0.39 is 0 Å². The van der Waals surface area contributed by atoms with Crippen molar-refractivity contribution in [3.8, 4) is 5.75 Å². The van der Waals surface area contributed by atoms with Crippen molar-refractivity contribution in [2.45, 2.75) is 19.3 Å². The zero-order chi connectivity index (χ0) is 10.9. The van der Waals surface area contributed by atoms with Gasteiger partial charge in [0.25, 0.3) is 0 Å². The number of nitrogens with zero attached hydrogens (tertiary/aromatic N) is 1. The zero-order valence-electron chi connectivity index (χ0n) is 8.58.